The molecule has 0 radical (unpaired) electrons. The predicted molar refractivity (Wildman–Crippen MR) is 116 cm³/mol. The molecule has 1 aromatic carbocycles. The molecule has 0 amide bonds. The van der Waals surface area contributed by atoms with Crippen LogP contribution in [0.25, 0.3) is 5.65 Å². The molecule has 0 saturated carbocycles. The molecule has 154 valence electrons. The number of piperazine rings is 1. The third-order valence-electron chi connectivity index (χ3n) is 6.15. The second-order valence-corrected chi connectivity index (χ2v) is 7.97. The zero-order chi connectivity index (χ0) is 20.1. The van der Waals surface area contributed by atoms with Gasteiger partial charge in [-0.15, -0.1) is 10.2 Å². The van der Waals surface area contributed by atoms with Gasteiger partial charge in [0.2, 0.25) is 5.65 Å². The Balaban J connectivity index is 1.44. The lowest BCUT2D eigenvalue weighted by Gasteiger charge is -2.31. The van der Waals surface area contributed by atoms with Crippen LogP contribution in [0, 0.1) is 0 Å². The second kappa shape index (κ2) is 6.94. The van der Waals surface area contributed by atoms with Crippen molar-refractivity contribution in [3.8, 4) is 5.75 Å². The topological polar surface area (TPSA) is 83.2 Å². The van der Waals surface area contributed by atoms with Crippen LogP contribution in [0.3, 0.4) is 0 Å². The Morgan fingerprint density at radius 1 is 1.03 bits per heavy atom. The van der Waals surface area contributed by atoms with Crippen molar-refractivity contribution in [3.05, 3.63) is 35.8 Å². The molecule has 2 aromatic heterocycles. The van der Waals surface area contributed by atoms with Crippen LogP contribution in [-0.2, 0) is 6.42 Å². The zero-order valence-corrected chi connectivity index (χ0v) is 17.0. The van der Waals surface area contributed by atoms with Gasteiger partial charge in [-0.2, -0.15) is 9.61 Å². The summed E-state index contributed by atoms with van der Waals surface area (Å²) in [6, 6.07) is 6.50. The molecular formula is C21H24N8O. The maximum atomic E-state index is 5.91. The Morgan fingerprint density at radius 2 is 1.93 bits per heavy atom. The highest BCUT2D eigenvalue weighted by Gasteiger charge is 2.26. The summed E-state index contributed by atoms with van der Waals surface area (Å²) in [6.45, 7) is 5.45. The summed E-state index contributed by atoms with van der Waals surface area (Å²) in [6.07, 6.45) is 3.59. The molecule has 0 unspecified atom stereocenters. The Hall–Kier alpha value is -3.20. The number of hydrogen-bond acceptors (Lipinski definition) is 8. The van der Waals surface area contributed by atoms with Crippen molar-refractivity contribution < 1.29 is 4.74 Å². The molecule has 1 fully saturated rings. The van der Waals surface area contributed by atoms with Crippen molar-refractivity contribution in [2.45, 2.75) is 12.8 Å². The maximum Gasteiger partial charge on any atom is 0.222 e. The van der Waals surface area contributed by atoms with Crippen LogP contribution in [0.1, 0.15) is 17.8 Å². The van der Waals surface area contributed by atoms with Gasteiger partial charge in [-0.1, -0.05) is 12.1 Å². The highest BCUT2D eigenvalue weighted by molar-refractivity contribution is 6.02. The maximum absolute atomic E-state index is 5.91. The average molecular weight is 404 g/mol. The predicted octanol–water partition coefficient (Wildman–Crippen LogP) is 1.43. The first kappa shape index (κ1) is 17.6. The first-order valence-electron chi connectivity index (χ1n) is 10.5. The third kappa shape index (κ3) is 2.72. The number of hydrogen-bond donors (Lipinski definition) is 1. The summed E-state index contributed by atoms with van der Waals surface area (Å²) in [5, 5.41) is 16.9. The minimum atomic E-state index is 0.633. The van der Waals surface area contributed by atoms with Gasteiger partial charge in [-0.25, -0.2) is 4.99 Å². The fraction of sp³-hybridized carbons (Fsp3) is 0.429. The Bertz CT molecular complexity index is 1150. The Kier molecular flexibility index (Phi) is 4.08. The van der Waals surface area contributed by atoms with Gasteiger partial charge in [0.05, 0.1) is 29.8 Å². The molecule has 3 aromatic rings. The largest absolute Gasteiger partial charge is 0.486 e. The molecule has 0 aliphatic carbocycles. The number of aromatic nitrogens is 4. The zero-order valence-electron chi connectivity index (χ0n) is 17.0. The normalized spacial score (nSPS) is 18.6. The number of nitrogens with one attached hydrogen (secondary N) is 1. The Labute approximate surface area is 174 Å². The molecule has 6 rings (SSSR count). The molecular weight excluding hydrogens is 380 g/mol. The van der Waals surface area contributed by atoms with Crippen LogP contribution in [0.5, 0.6) is 5.75 Å². The minimum Gasteiger partial charge on any atom is -0.486 e. The number of benzene rings is 1. The molecule has 9 heteroatoms. The molecule has 0 bridgehead atoms. The van der Waals surface area contributed by atoms with E-state index in [1.165, 1.54) is 11.3 Å². The van der Waals surface area contributed by atoms with Crippen LogP contribution in [-0.4, -0.2) is 71.9 Å². The summed E-state index contributed by atoms with van der Waals surface area (Å²) >= 11 is 0. The molecule has 1 N–H and O–H groups in total. The summed E-state index contributed by atoms with van der Waals surface area (Å²) in [5.74, 6) is 1.45. The smallest absolute Gasteiger partial charge is 0.222 e. The van der Waals surface area contributed by atoms with Crippen LogP contribution in [0.15, 0.2) is 29.4 Å². The number of rotatable bonds is 2. The lowest BCUT2D eigenvalue weighted by atomic mass is 9.99. The lowest BCUT2D eigenvalue weighted by Crippen LogP contribution is -2.43. The molecule has 9 nitrogen and oxygen atoms in total. The number of ether oxygens (including phenoxy) is 1. The van der Waals surface area contributed by atoms with E-state index in [2.05, 4.69) is 48.6 Å². The fourth-order valence-electron chi connectivity index (χ4n) is 4.49. The van der Waals surface area contributed by atoms with Gasteiger partial charge in [0, 0.05) is 33.2 Å². The molecule has 1 saturated heterocycles. The lowest BCUT2D eigenvalue weighted by molar-refractivity contribution is 0.312. The van der Waals surface area contributed by atoms with Gasteiger partial charge in [0.15, 0.2) is 11.6 Å². The van der Waals surface area contributed by atoms with Crippen LogP contribution < -0.4 is 19.9 Å². The van der Waals surface area contributed by atoms with Gasteiger partial charge in [-0.05, 0) is 24.5 Å². The number of likely N-dealkylation sites (N-methyl/N-ethyl adjacent to an activating group) is 1. The van der Waals surface area contributed by atoms with Gasteiger partial charge in [0.1, 0.15) is 12.3 Å². The third-order valence-corrected chi connectivity index (χ3v) is 6.15. The quantitative estimate of drug-likeness (QED) is 0.692. The molecule has 3 aliphatic rings. The van der Waals surface area contributed by atoms with Gasteiger partial charge in [0.25, 0.3) is 0 Å². The van der Waals surface area contributed by atoms with E-state index in [-0.39, 0.29) is 0 Å². The van der Waals surface area contributed by atoms with Crippen LogP contribution >= 0.6 is 0 Å². The van der Waals surface area contributed by atoms with Crippen molar-refractivity contribution >= 4 is 28.4 Å². The molecule has 30 heavy (non-hydrogen) atoms. The number of aliphatic imine (C=N–C) groups is 1. The van der Waals surface area contributed by atoms with Crippen molar-refractivity contribution in [1.29, 1.82) is 0 Å². The first-order valence-corrected chi connectivity index (χ1v) is 10.5. The number of nitrogens with zero attached hydrogens (tertiary/aromatic N) is 7. The standard InChI is InChI=1S/C21H24N8O/c1-27-11-12-30-19-17(27)13-23-29-20(25-26-21(19)29)15-6-5-14-3-2-4-16(18(14)24-15)28-9-7-22-8-10-28/h2-4,13,22H,5-12H2,1H3. The summed E-state index contributed by atoms with van der Waals surface area (Å²) in [4.78, 5) is 9.63. The highest BCUT2D eigenvalue weighted by atomic mass is 16.5. The molecule has 5 heterocycles. The average Bonchev–Trinajstić information content (AvgIpc) is 3.24. The van der Waals surface area contributed by atoms with E-state index >= 15 is 0 Å². The van der Waals surface area contributed by atoms with Gasteiger partial charge in [-0.3, -0.25) is 0 Å². The van der Waals surface area contributed by atoms with E-state index in [1.54, 1.807) is 4.52 Å². The summed E-state index contributed by atoms with van der Waals surface area (Å²) in [7, 11) is 2.04. The van der Waals surface area contributed by atoms with Crippen LogP contribution in [0.2, 0.25) is 0 Å². The highest BCUT2D eigenvalue weighted by Crippen LogP contribution is 2.38. The summed E-state index contributed by atoms with van der Waals surface area (Å²) < 4.78 is 7.68. The number of anilines is 2. The van der Waals surface area contributed by atoms with E-state index in [1.807, 2.05) is 13.2 Å². The number of aryl methyl sites for hydroxylation is 1. The van der Waals surface area contributed by atoms with Crippen molar-refractivity contribution in [2.24, 2.45) is 4.99 Å². The van der Waals surface area contributed by atoms with E-state index in [4.69, 9.17) is 9.73 Å². The fourth-order valence-corrected chi connectivity index (χ4v) is 4.49. The van der Waals surface area contributed by atoms with Gasteiger partial charge < -0.3 is 19.9 Å². The van der Waals surface area contributed by atoms with Crippen LogP contribution in [0.4, 0.5) is 17.1 Å². The second-order valence-electron chi connectivity index (χ2n) is 7.97. The van der Waals surface area contributed by atoms with E-state index in [0.29, 0.717) is 18.1 Å². The molecule has 3 aliphatic heterocycles. The summed E-state index contributed by atoms with van der Waals surface area (Å²) in [5.41, 5.74) is 6.08. The Morgan fingerprint density at radius 3 is 2.83 bits per heavy atom. The van der Waals surface area contributed by atoms with E-state index < -0.39 is 0 Å². The molecule has 0 atom stereocenters. The van der Waals surface area contributed by atoms with Gasteiger partial charge >= 0.3 is 0 Å². The number of para-hydroxylation sites is 1. The van der Waals surface area contributed by atoms with E-state index in [0.717, 1.165) is 68.4 Å². The monoisotopic (exact) mass is 404 g/mol. The number of fused-ring (bicyclic) bond motifs is 4. The minimum absolute atomic E-state index is 0.633. The SMILES string of the molecule is CN1CCOc2c1cnn1c(C3=Nc4c(cccc4N4CCNCC4)CC3)nnc21. The van der Waals surface area contributed by atoms with Crippen molar-refractivity contribution in [3.63, 3.8) is 0 Å². The molecule has 0 spiro atoms. The van der Waals surface area contributed by atoms with E-state index in [9.17, 15) is 0 Å². The van der Waals surface area contributed by atoms with Crippen molar-refractivity contribution in [1.82, 2.24) is 25.1 Å². The van der Waals surface area contributed by atoms with Crippen molar-refractivity contribution in [2.75, 3.05) is 56.2 Å². The first-order chi connectivity index (χ1) is 14.8.